The Morgan fingerprint density at radius 1 is 0.667 bits per heavy atom. The first-order chi connectivity index (χ1) is 16.2. The third-order valence-electron chi connectivity index (χ3n) is 6.21. The van der Waals surface area contributed by atoms with Crippen LogP contribution in [0.4, 0.5) is 17.1 Å². The van der Waals surface area contributed by atoms with E-state index in [1.807, 2.05) is 54.6 Å². The number of amides is 1. The fourth-order valence-corrected chi connectivity index (χ4v) is 4.72. The lowest BCUT2D eigenvalue weighted by Gasteiger charge is -2.19. The SMILES string of the molecule is Nc1ccccc1N1C(=O)Cc2ccccc21.c1ccc2c(c1)Cc1nc3ccccc3n1-2. The predicted octanol–water partition coefficient (Wildman–Crippen LogP) is 5.42. The van der Waals surface area contributed by atoms with Crippen LogP contribution in [0, 0.1) is 0 Å². The monoisotopic (exact) mass is 430 g/mol. The molecule has 7 rings (SSSR count). The van der Waals surface area contributed by atoms with Gasteiger partial charge < -0.3 is 5.73 Å². The number of nitrogen functional groups attached to an aromatic ring is 1. The maximum absolute atomic E-state index is 12.1. The van der Waals surface area contributed by atoms with E-state index in [-0.39, 0.29) is 5.91 Å². The van der Waals surface area contributed by atoms with Crippen molar-refractivity contribution in [1.82, 2.24) is 9.55 Å². The molecule has 3 heterocycles. The van der Waals surface area contributed by atoms with Gasteiger partial charge in [-0.1, -0.05) is 60.7 Å². The van der Waals surface area contributed by atoms with Crippen molar-refractivity contribution in [1.29, 1.82) is 0 Å². The lowest BCUT2D eigenvalue weighted by molar-refractivity contribution is -0.116. The van der Waals surface area contributed by atoms with Crippen molar-refractivity contribution in [3.8, 4) is 5.69 Å². The second-order valence-electron chi connectivity index (χ2n) is 8.25. The normalized spacial score (nSPS) is 13.3. The van der Waals surface area contributed by atoms with Crippen LogP contribution in [-0.4, -0.2) is 15.5 Å². The summed E-state index contributed by atoms with van der Waals surface area (Å²) >= 11 is 0. The summed E-state index contributed by atoms with van der Waals surface area (Å²) < 4.78 is 2.27. The summed E-state index contributed by atoms with van der Waals surface area (Å²) in [7, 11) is 0. The van der Waals surface area contributed by atoms with Crippen molar-refractivity contribution in [2.24, 2.45) is 0 Å². The summed E-state index contributed by atoms with van der Waals surface area (Å²) in [5, 5.41) is 0. The van der Waals surface area contributed by atoms with E-state index in [2.05, 4.69) is 52.0 Å². The molecule has 5 heteroatoms. The molecule has 1 aromatic heterocycles. The Bertz CT molecular complexity index is 1520. The summed E-state index contributed by atoms with van der Waals surface area (Å²) in [5.74, 6) is 1.23. The van der Waals surface area contributed by atoms with Crippen LogP contribution >= 0.6 is 0 Å². The number of carbonyl (C=O) groups excluding carboxylic acids is 1. The average molecular weight is 431 g/mol. The van der Waals surface area contributed by atoms with E-state index in [1.165, 1.54) is 16.8 Å². The number of nitrogens with two attached hydrogens (primary N) is 1. The molecule has 5 aromatic rings. The van der Waals surface area contributed by atoms with Crippen LogP contribution in [0.15, 0.2) is 97.1 Å². The van der Waals surface area contributed by atoms with Crippen molar-refractivity contribution in [3.05, 3.63) is 114 Å². The Labute approximate surface area is 191 Å². The zero-order valence-electron chi connectivity index (χ0n) is 18.0. The number of imidazole rings is 1. The molecule has 4 aromatic carbocycles. The number of fused-ring (bicyclic) bond motifs is 6. The third-order valence-corrected chi connectivity index (χ3v) is 6.21. The van der Waals surface area contributed by atoms with Gasteiger partial charge in [-0.15, -0.1) is 0 Å². The zero-order chi connectivity index (χ0) is 22.4. The number of para-hydroxylation sites is 6. The summed E-state index contributed by atoms with van der Waals surface area (Å²) in [6.07, 6.45) is 1.40. The highest BCUT2D eigenvalue weighted by Gasteiger charge is 2.29. The lowest BCUT2D eigenvalue weighted by atomic mass is 10.1. The van der Waals surface area contributed by atoms with Crippen molar-refractivity contribution in [2.75, 3.05) is 10.6 Å². The van der Waals surface area contributed by atoms with Gasteiger partial charge in [-0.25, -0.2) is 4.98 Å². The maximum atomic E-state index is 12.1. The smallest absolute Gasteiger partial charge is 0.236 e. The van der Waals surface area contributed by atoms with Crippen molar-refractivity contribution in [3.63, 3.8) is 0 Å². The first kappa shape index (κ1) is 19.3. The molecule has 0 spiro atoms. The van der Waals surface area contributed by atoms with Gasteiger partial charge in [0.15, 0.2) is 0 Å². The van der Waals surface area contributed by atoms with Crippen LogP contribution in [0.5, 0.6) is 0 Å². The standard InChI is InChI=1S/C14H12N2O.C14H10N2/c15-11-6-2-4-8-13(11)16-12-7-3-1-5-10(12)9-14(16)17;1-3-7-12-10(5-1)9-14-15-11-6-2-4-8-13(11)16(12)14/h1-8H,9,15H2;1-8H,9H2. The minimum atomic E-state index is 0.0732. The summed E-state index contributed by atoms with van der Waals surface area (Å²) in [5.41, 5.74) is 14.3. The molecule has 0 atom stereocenters. The highest BCUT2D eigenvalue weighted by atomic mass is 16.2. The predicted molar refractivity (Wildman–Crippen MR) is 132 cm³/mol. The van der Waals surface area contributed by atoms with Gasteiger partial charge >= 0.3 is 0 Å². The largest absolute Gasteiger partial charge is 0.397 e. The molecule has 0 bridgehead atoms. The van der Waals surface area contributed by atoms with E-state index in [0.717, 1.165) is 34.7 Å². The van der Waals surface area contributed by atoms with Gasteiger partial charge in [-0.05, 0) is 47.5 Å². The Morgan fingerprint density at radius 3 is 2.06 bits per heavy atom. The second kappa shape index (κ2) is 7.64. The van der Waals surface area contributed by atoms with Gasteiger partial charge in [0.25, 0.3) is 0 Å². The molecule has 0 saturated carbocycles. The molecule has 0 radical (unpaired) electrons. The van der Waals surface area contributed by atoms with E-state index >= 15 is 0 Å². The number of hydrogen-bond acceptors (Lipinski definition) is 3. The highest BCUT2D eigenvalue weighted by Crippen LogP contribution is 2.37. The number of carbonyl (C=O) groups is 1. The molecule has 160 valence electrons. The van der Waals surface area contributed by atoms with Crippen LogP contribution in [0.2, 0.25) is 0 Å². The molecule has 0 aliphatic carbocycles. The zero-order valence-corrected chi connectivity index (χ0v) is 18.0. The molecule has 1 amide bonds. The maximum Gasteiger partial charge on any atom is 0.236 e. The first-order valence-corrected chi connectivity index (χ1v) is 11.0. The van der Waals surface area contributed by atoms with Crippen LogP contribution < -0.4 is 10.6 Å². The summed E-state index contributed by atoms with van der Waals surface area (Å²) in [4.78, 5) is 18.4. The van der Waals surface area contributed by atoms with Crippen molar-refractivity contribution >= 4 is 34.0 Å². The van der Waals surface area contributed by atoms with Crippen LogP contribution in [0.25, 0.3) is 16.7 Å². The lowest BCUT2D eigenvalue weighted by Crippen LogP contribution is -2.21. The van der Waals surface area contributed by atoms with Crippen molar-refractivity contribution in [2.45, 2.75) is 12.8 Å². The molecule has 2 N–H and O–H groups in total. The number of anilines is 3. The third kappa shape index (κ3) is 3.17. The molecule has 5 nitrogen and oxygen atoms in total. The fourth-order valence-electron chi connectivity index (χ4n) is 4.72. The fraction of sp³-hybridized carbons (Fsp3) is 0.0714. The van der Waals surface area contributed by atoms with Crippen LogP contribution in [0.1, 0.15) is 17.0 Å². The number of nitrogens with zero attached hydrogens (tertiary/aromatic N) is 3. The first-order valence-electron chi connectivity index (χ1n) is 11.0. The van der Waals surface area contributed by atoms with E-state index in [4.69, 9.17) is 5.73 Å². The molecule has 33 heavy (non-hydrogen) atoms. The number of rotatable bonds is 1. The number of aromatic nitrogens is 2. The van der Waals surface area contributed by atoms with Crippen LogP contribution in [-0.2, 0) is 17.6 Å². The van der Waals surface area contributed by atoms with Gasteiger partial charge in [0.05, 0.1) is 40.2 Å². The topological polar surface area (TPSA) is 64.2 Å². The van der Waals surface area contributed by atoms with Crippen molar-refractivity contribution < 1.29 is 4.79 Å². The quantitative estimate of drug-likeness (QED) is 0.354. The second-order valence-corrected chi connectivity index (χ2v) is 8.25. The molecule has 0 fully saturated rings. The van der Waals surface area contributed by atoms with Crippen LogP contribution in [0.3, 0.4) is 0 Å². The summed E-state index contributed by atoms with van der Waals surface area (Å²) in [6, 6.07) is 32.1. The van der Waals surface area contributed by atoms with Gasteiger partial charge in [-0.2, -0.15) is 0 Å². The highest BCUT2D eigenvalue weighted by molar-refractivity contribution is 6.09. The minimum absolute atomic E-state index is 0.0732. The van der Waals surface area contributed by atoms with Gasteiger partial charge in [0.1, 0.15) is 5.82 Å². The van der Waals surface area contributed by atoms with Gasteiger partial charge in [-0.3, -0.25) is 14.3 Å². The molecule has 2 aliphatic heterocycles. The number of benzene rings is 4. The van der Waals surface area contributed by atoms with E-state index in [0.29, 0.717) is 12.1 Å². The Morgan fingerprint density at radius 2 is 1.27 bits per heavy atom. The van der Waals surface area contributed by atoms with Gasteiger partial charge in [0, 0.05) is 6.42 Å². The molecular weight excluding hydrogens is 408 g/mol. The Kier molecular flexibility index (Phi) is 4.47. The molecule has 0 saturated heterocycles. The number of hydrogen-bond donors (Lipinski definition) is 1. The average Bonchev–Trinajstić information content (AvgIpc) is 3.48. The van der Waals surface area contributed by atoms with E-state index in [1.54, 1.807) is 4.90 Å². The molecule has 0 unspecified atom stereocenters. The Balaban J connectivity index is 0.000000125. The Hall–Kier alpha value is -4.38. The molecule has 2 aliphatic rings. The minimum Gasteiger partial charge on any atom is -0.397 e. The summed E-state index contributed by atoms with van der Waals surface area (Å²) in [6.45, 7) is 0. The van der Waals surface area contributed by atoms with Gasteiger partial charge in [0.2, 0.25) is 5.91 Å². The van der Waals surface area contributed by atoms with E-state index in [9.17, 15) is 4.79 Å². The van der Waals surface area contributed by atoms with E-state index < -0.39 is 0 Å². The molecular formula is C28H22N4O.